The summed E-state index contributed by atoms with van der Waals surface area (Å²) in [5.41, 5.74) is 14.6. The highest BCUT2D eigenvalue weighted by atomic mass is 16.3. The zero-order valence-corrected chi connectivity index (χ0v) is 29.4. The number of pyridine rings is 1. The third kappa shape index (κ3) is 4.39. The van der Waals surface area contributed by atoms with E-state index in [2.05, 4.69) is 198 Å². The van der Waals surface area contributed by atoms with Gasteiger partial charge in [0.25, 0.3) is 0 Å². The lowest BCUT2D eigenvalue weighted by Crippen LogP contribution is -2.30. The summed E-state index contributed by atoms with van der Waals surface area (Å²) in [6.07, 6.45) is 2.29. The number of furan rings is 1. The van der Waals surface area contributed by atoms with Crippen molar-refractivity contribution in [2.75, 3.05) is 0 Å². The molecular formula is C49H34N3O+. The van der Waals surface area contributed by atoms with Crippen LogP contribution in [0.4, 0.5) is 0 Å². The molecule has 4 heteroatoms. The molecule has 0 amide bonds. The van der Waals surface area contributed by atoms with E-state index in [1.165, 1.54) is 49.2 Å². The number of nitrogens with zero attached hydrogens (tertiary/aromatic N) is 3. The lowest BCUT2D eigenvalue weighted by molar-refractivity contribution is -0.659. The van der Waals surface area contributed by atoms with Crippen molar-refractivity contribution in [3.8, 4) is 33.8 Å². The van der Waals surface area contributed by atoms with Crippen LogP contribution in [0.15, 0.2) is 174 Å². The van der Waals surface area contributed by atoms with Crippen LogP contribution in [-0.2, 0) is 7.05 Å². The van der Waals surface area contributed by atoms with Crippen molar-refractivity contribution >= 4 is 65.6 Å². The van der Waals surface area contributed by atoms with E-state index < -0.39 is 0 Å². The molecule has 0 saturated carbocycles. The molecule has 0 saturated heterocycles. The number of rotatable bonds is 4. The van der Waals surface area contributed by atoms with Crippen molar-refractivity contribution in [3.63, 3.8) is 0 Å². The fourth-order valence-corrected chi connectivity index (χ4v) is 8.61. The van der Waals surface area contributed by atoms with Gasteiger partial charge in [0.05, 0.1) is 33.0 Å². The highest BCUT2D eigenvalue weighted by Crippen LogP contribution is 2.41. The molecule has 0 spiro atoms. The molecule has 0 aliphatic rings. The first kappa shape index (κ1) is 29.8. The van der Waals surface area contributed by atoms with Gasteiger partial charge in [-0.2, -0.15) is 0 Å². The van der Waals surface area contributed by atoms with Crippen molar-refractivity contribution in [1.82, 2.24) is 9.13 Å². The summed E-state index contributed by atoms with van der Waals surface area (Å²) in [4.78, 5) is 0. The summed E-state index contributed by atoms with van der Waals surface area (Å²) in [5.74, 6) is 0. The molecule has 0 fully saturated rings. The Morgan fingerprint density at radius 1 is 0.453 bits per heavy atom. The van der Waals surface area contributed by atoms with Gasteiger partial charge >= 0.3 is 0 Å². The van der Waals surface area contributed by atoms with Gasteiger partial charge in [-0.15, -0.1) is 0 Å². The summed E-state index contributed by atoms with van der Waals surface area (Å²) >= 11 is 0. The van der Waals surface area contributed by atoms with Crippen LogP contribution in [0, 0.1) is 6.92 Å². The van der Waals surface area contributed by atoms with Crippen LogP contribution in [0.5, 0.6) is 0 Å². The smallest absolute Gasteiger partial charge is 0.218 e. The molecule has 0 unspecified atom stereocenters. The standard InChI is InChI=1S/C49H34N3O/c1-31-21-24-39-38-25-22-33(32-13-5-3-6-14-32)27-47(38)53-49(39)48(31)46-29-45-41(30-50(46)2)37-18-10-12-20-43(37)52(45)35-23-26-44-40(28-35)36-17-9-11-19-42(36)51(44)34-15-7-4-8-16-34/h3-30H,1-2H3/q+1. The number of fused-ring (bicyclic) bond motifs is 9. The topological polar surface area (TPSA) is 26.9 Å². The second-order valence-corrected chi connectivity index (χ2v) is 14.1. The molecule has 0 N–H and O–H groups in total. The van der Waals surface area contributed by atoms with Crippen LogP contribution in [0.3, 0.4) is 0 Å². The van der Waals surface area contributed by atoms with Gasteiger partial charge in [-0.1, -0.05) is 103 Å². The van der Waals surface area contributed by atoms with E-state index in [1.807, 2.05) is 0 Å². The highest BCUT2D eigenvalue weighted by molar-refractivity contribution is 6.14. The molecule has 0 aliphatic carbocycles. The van der Waals surface area contributed by atoms with E-state index in [-0.39, 0.29) is 0 Å². The number of aromatic nitrogens is 3. The van der Waals surface area contributed by atoms with Gasteiger partial charge in [-0.3, -0.25) is 0 Å². The Morgan fingerprint density at radius 3 is 1.87 bits per heavy atom. The molecule has 0 bridgehead atoms. The fourth-order valence-electron chi connectivity index (χ4n) is 8.61. The van der Waals surface area contributed by atoms with E-state index in [9.17, 15) is 0 Å². The maximum Gasteiger partial charge on any atom is 0.218 e. The molecule has 250 valence electrons. The van der Waals surface area contributed by atoms with Gasteiger partial charge in [0.2, 0.25) is 5.69 Å². The normalized spacial score (nSPS) is 12.0. The Balaban J connectivity index is 1.16. The second kappa shape index (κ2) is 11.3. The van der Waals surface area contributed by atoms with Gasteiger partial charge in [-0.25, -0.2) is 4.57 Å². The molecule has 4 aromatic heterocycles. The molecule has 0 atom stereocenters. The van der Waals surface area contributed by atoms with E-state index in [1.54, 1.807) is 0 Å². The molecule has 0 aliphatic heterocycles. The monoisotopic (exact) mass is 680 g/mol. The van der Waals surface area contributed by atoms with Crippen molar-refractivity contribution in [1.29, 1.82) is 0 Å². The Labute approximate surface area is 306 Å². The van der Waals surface area contributed by atoms with Crippen LogP contribution in [0.25, 0.3) is 99.3 Å². The summed E-state index contributed by atoms with van der Waals surface area (Å²) in [6.45, 7) is 2.19. The van der Waals surface area contributed by atoms with Crippen molar-refractivity contribution in [2.45, 2.75) is 6.92 Å². The molecule has 4 heterocycles. The minimum atomic E-state index is 0.897. The fraction of sp³-hybridized carbons (Fsp3) is 0.0408. The van der Waals surface area contributed by atoms with Gasteiger partial charge in [0, 0.05) is 44.4 Å². The Morgan fingerprint density at radius 2 is 1.09 bits per heavy atom. The molecule has 53 heavy (non-hydrogen) atoms. The van der Waals surface area contributed by atoms with Crippen LogP contribution >= 0.6 is 0 Å². The highest BCUT2D eigenvalue weighted by Gasteiger charge is 2.25. The van der Waals surface area contributed by atoms with Crippen molar-refractivity contribution in [3.05, 3.63) is 176 Å². The van der Waals surface area contributed by atoms with Crippen LogP contribution < -0.4 is 4.57 Å². The van der Waals surface area contributed by atoms with Gasteiger partial charge in [-0.05, 0) is 78.2 Å². The van der Waals surface area contributed by atoms with E-state index >= 15 is 0 Å². The summed E-state index contributed by atoms with van der Waals surface area (Å²) < 4.78 is 13.9. The summed E-state index contributed by atoms with van der Waals surface area (Å²) in [7, 11) is 2.15. The Hall–Kier alpha value is -6.91. The lowest BCUT2D eigenvalue weighted by atomic mass is 9.99. The molecule has 11 rings (SSSR count). The molecule has 4 nitrogen and oxygen atoms in total. The zero-order chi connectivity index (χ0) is 35.2. The molecule has 11 aromatic rings. The minimum absolute atomic E-state index is 0.897. The van der Waals surface area contributed by atoms with Crippen LogP contribution in [-0.4, -0.2) is 9.13 Å². The van der Waals surface area contributed by atoms with E-state index in [4.69, 9.17) is 4.42 Å². The quantitative estimate of drug-likeness (QED) is 0.170. The number of aryl methyl sites for hydroxylation is 2. The second-order valence-electron chi connectivity index (χ2n) is 14.1. The van der Waals surface area contributed by atoms with E-state index in [0.717, 1.165) is 55.7 Å². The van der Waals surface area contributed by atoms with Crippen molar-refractivity contribution in [2.24, 2.45) is 7.05 Å². The minimum Gasteiger partial charge on any atom is -0.455 e. The predicted octanol–water partition coefficient (Wildman–Crippen LogP) is 12.2. The average Bonchev–Trinajstić information content (AvgIpc) is 3.85. The van der Waals surface area contributed by atoms with Gasteiger partial charge < -0.3 is 13.6 Å². The number of hydrogen-bond acceptors (Lipinski definition) is 1. The van der Waals surface area contributed by atoms with Gasteiger partial charge in [0.15, 0.2) is 6.20 Å². The maximum atomic E-state index is 6.83. The van der Waals surface area contributed by atoms with Crippen molar-refractivity contribution < 1.29 is 8.98 Å². The Kier molecular flexibility index (Phi) is 6.35. The summed E-state index contributed by atoms with van der Waals surface area (Å²) in [5, 5.41) is 7.16. The number of hydrogen-bond donors (Lipinski definition) is 0. The first-order chi connectivity index (χ1) is 26.1. The Bertz CT molecular complexity index is 3240. The maximum absolute atomic E-state index is 6.83. The predicted molar refractivity (Wildman–Crippen MR) is 219 cm³/mol. The lowest BCUT2D eigenvalue weighted by Gasteiger charge is -2.11. The van der Waals surface area contributed by atoms with Crippen LogP contribution in [0.1, 0.15) is 5.56 Å². The largest absolute Gasteiger partial charge is 0.455 e. The molecule has 7 aromatic carbocycles. The SMILES string of the molecule is Cc1ccc2c(oc3cc(-c4ccccc4)ccc32)c1-c1cc2c(c[n+]1C)c1ccccc1n2-c1ccc2c(c1)c1ccccc1n2-c1ccccc1. The third-order valence-electron chi connectivity index (χ3n) is 11.1. The number of benzene rings is 7. The van der Waals surface area contributed by atoms with Gasteiger partial charge in [0.1, 0.15) is 18.2 Å². The number of para-hydroxylation sites is 3. The molecule has 0 radical (unpaired) electrons. The zero-order valence-electron chi connectivity index (χ0n) is 29.4. The third-order valence-corrected chi connectivity index (χ3v) is 11.1. The van der Waals surface area contributed by atoms with Crippen LogP contribution in [0.2, 0.25) is 0 Å². The average molecular weight is 681 g/mol. The molecular weight excluding hydrogens is 647 g/mol. The first-order valence-electron chi connectivity index (χ1n) is 18.2. The first-order valence-corrected chi connectivity index (χ1v) is 18.2. The van der Waals surface area contributed by atoms with E-state index in [0.29, 0.717) is 0 Å². The summed E-state index contributed by atoms with van der Waals surface area (Å²) in [6, 6.07) is 58.9.